The van der Waals surface area contributed by atoms with Crippen LogP contribution in [0.4, 0.5) is 5.69 Å². The van der Waals surface area contributed by atoms with Crippen LogP contribution in [-0.2, 0) is 27.2 Å². The lowest BCUT2D eigenvalue weighted by Gasteiger charge is -2.32. The van der Waals surface area contributed by atoms with Crippen LogP contribution in [0, 0.1) is 0 Å². The molecule has 1 saturated heterocycles. The summed E-state index contributed by atoms with van der Waals surface area (Å²) in [7, 11) is 1.64. The van der Waals surface area contributed by atoms with Crippen molar-refractivity contribution in [3.05, 3.63) is 35.7 Å². The second-order valence-corrected chi connectivity index (χ2v) is 6.77. The van der Waals surface area contributed by atoms with Gasteiger partial charge in [0.05, 0.1) is 26.3 Å². The second kappa shape index (κ2) is 8.12. The van der Waals surface area contributed by atoms with E-state index in [1.54, 1.807) is 11.8 Å². The number of tetrazole rings is 1. The molecule has 0 saturated carbocycles. The third kappa shape index (κ3) is 3.85. The standard InChI is InChI=1S/C18H24N6O3/c1-26-10-9-24-18(19-20-21-24)16-12-22(8-11-27-16)13-17(25)23-7-6-14-4-2-3-5-15(14)23/h2-5,16H,6-13H2,1H3. The quantitative estimate of drug-likeness (QED) is 0.720. The summed E-state index contributed by atoms with van der Waals surface area (Å²) in [4.78, 5) is 16.9. The van der Waals surface area contributed by atoms with E-state index in [-0.39, 0.29) is 12.0 Å². The molecule has 9 nitrogen and oxygen atoms in total. The number of amides is 1. The Balaban J connectivity index is 1.39. The maximum Gasteiger partial charge on any atom is 0.241 e. The van der Waals surface area contributed by atoms with Gasteiger partial charge in [-0.25, -0.2) is 4.68 Å². The van der Waals surface area contributed by atoms with Gasteiger partial charge in [0.15, 0.2) is 5.82 Å². The Labute approximate surface area is 157 Å². The van der Waals surface area contributed by atoms with E-state index in [1.165, 1.54) is 5.56 Å². The first-order chi connectivity index (χ1) is 13.3. The molecule has 2 aromatic rings. The average molecular weight is 372 g/mol. The maximum absolute atomic E-state index is 12.9. The summed E-state index contributed by atoms with van der Waals surface area (Å²) in [6.07, 6.45) is 0.673. The molecule has 1 atom stereocenters. The molecule has 1 aromatic heterocycles. The SMILES string of the molecule is COCCn1nnnc1C1CN(CC(=O)N2CCc3ccccc32)CCO1. The van der Waals surface area contributed by atoms with E-state index in [4.69, 9.17) is 9.47 Å². The molecule has 1 fully saturated rings. The van der Waals surface area contributed by atoms with Crippen LogP contribution in [0.1, 0.15) is 17.5 Å². The monoisotopic (exact) mass is 372 g/mol. The van der Waals surface area contributed by atoms with Crippen LogP contribution < -0.4 is 4.90 Å². The van der Waals surface area contributed by atoms with Crippen LogP contribution in [0.15, 0.2) is 24.3 Å². The van der Waals surface area contributed by atoms with E-state index in [1.807, 2.05) is 23.1 Å². The number of carbonyl (C=O) groups excluding carboxylic acids is 1. The summed E-state index contributed by atoms with van der Waals surface area (Å²) in [5.74, 6) is 0.801. The highest BCUT2D eigenvalue weighted by atomic mass is 16.5. The van der Waals surface area contributed by atoms with Crippen LogP contribution >= 0.6 is 0 Å². The summed E-state index contributed by atoms with van der Waals surface area (Å²) in [5, 5.41) is 11.9. The van der Waals surface area contributed by atoms with Crippen LogP contribution in [0.25, 0.3) is 0 Å². The predicted molar refractivity (Wildman–Crippen MR) is 97.3 cm³/mol. The number of nitrogens with zero attached hydrogens (tertiary/aromatic N) is 6. The minimum atomic E-state index is -0.246. The largest absolute Gasteiger partial charge is 0.383 e. The van der Waals surface area contributed by atoms with E-state index in [2.05, 4.69) is 26.5 Å². The van der Waals surface area contributed by atoms with Gasteiger partial charge >= 0.3 is 0 Å². The number of hydrogen-bond acceptors (Lipinski definition) is 7. The Morgan fingerprint density at radius 2 is 2.22 bits per heavy atom. The molecule has 9 heteroatoms. The van der Waals surface area contributed by atoms with E-state index >= 15 is 0 Å². The molecule has 4 rings (SSSR count). The van der Waals surface area contributed by atoms with Gasteiger partial charge in [-0.05, 0) is 28.5 Å². The first kappa shape index (κ1) is 18.0. The molecule has 0 bridgehead atoms. The summed E-state index contributed by atoms with van der Waals surface area (Å²) < 4.78 is 12.7. The van der Waals surface area contributed by atoms with Crippen molar-refractivity contribution in [1.82, 2.24) is 25.1 Å². The molecular weight excluding hydrogens is 348 g/mol. The smallest absolute Gasteiger partial charge is 0.241 e. The number of para-hydroxylation sites is 1. The minimum absolute atomic E-state index is 0.125. The lowest BCUT2D eigenvalue weighted by atomic mass is 10.2. The van der Waals surface area contributed by atoms with E-state index < -0.39 is 0 Å². The fraction of sp³-hybridized carbons (Fsp3) is 0.556. The number of methoxy groups -OCH3 is 1. The molecule has 27 heavy (non-hydrogen) atoms. The first-order valence-electron chi connectivity index (χ1n) is 9.23. The summed E-state index contributed by atoms with van der Waals surface area (Å²) >= 11 is 0. The van der Waals surface area contributed by atoms with Crippen molar-refractivity contribution in [3.8, 4) is 0 Å². The van der Waals surface area contributed by atoms with Crippen LogP contribution in [0.5, 0.6) is 0 Å². The lowest BCUT2D eigenvalue weighted by molar-refractivity contribution is -0.122. The number of benzene rings is 1. The normalized spacial score (nSPS) is 20.0. The number of rotatable bonds is 6. The van der Waals surface area contributed by atoms with Crippen molar-refractivity contribution in [1.29, 1.82) is 0 Å². The van der Waals surface area contributed by atoms with Gasteiger partial charge in [0.1, 0.15) is 6.10 Å². The van der Waals surface area contributed by atoms with Crippen LogP contribution in [0.2, 0.25) is 0 Å². The van der Waals surface area contributed by atoms with Gasteiger partial charge in [-0.2, -0.15) is 0 Å². The molecule has 0 aliphatic carbocycles. The summed E-state index contributed by atoms with van der Waals surface area (Å²) in [5.41, 5.74) is 2.28. The van der Waals surface area contributed by atoms with Gasteiger partial charge < -0.3 is 14.4 Å². The average Bonchev–Trinajstić information content (AvgIpc) is 3.33. The molecular formula is C18H24N6O3. The third-order valence-electron chi connectivity index (χ3n) is 5.05. The number of fused-ring (bicyclic) bond motifs is 1. The first-order valence-corrected chi connectivity index (χ1v) is 9.23. The van der Waals surface area contributed by atoms with Crippen LogP contribution in [-0.4, -0.2) is 77.5 Å². The Morgan fingerprint density at radius 1 is 1.33 bits per heavy atom. The molecule has 3 heterocycles. The van der Waals surface area contributed by atoms with E-state index in [9.17, 15) is 4.79 Å². The molecule has 1 amide bonds. The van der Waals surface area contributed by atoms with Crippen molar-refractivity contribution in [3.63, 3.8) is 0 Å². The number of hydrogen-bond donors (Lipinski definition) is 0. The molecule has 2 aliphatic heterocycles. The number of morpholine rings is 1. The molecule has 1 unspecified atom stereocenters. The second-order valence-electron chi connectivity index (χ2n) is 6.77. The van der Waals surface area contributed by atoms with Crippen molar-refractivity contribution in [2.75, 3.05) is 51.4 Å². The van der Waals surface area contributed by atoms with Crippen molar-refractivity contribution in [2.45, 2.75) is 19.1 Å². The van der Waals surface area contributed by atoms with Gasteiger partial charge in [-0.15, -0.1) is 5.10 Å². The molecule has 0 spiro atoms. The van der Waals surface area contributed by atoms with Gasteiger partial charge in [0, 0.05) is 32.4 Å². The Hall–Kier alpha value is -2.36. The van der Waals surface area contributed by atoms with Gasteiger partial charge in [-0.3, -0.25) is 9.69 Å². The zero-order valence-corrected chi connectivity index (χ0v) is 15.5. The minimum Gasteiger partial charge on any atom is -0.383 e. The Morgan fingerprint density at radius 3 is 3.11 bits per heavy atom. The molecule has 2 aliphatic rings. The van der Waals surface area contributed by atoms with E-state index in [0.717, 1.165) is 25.2 Å². The highest BCUT2D eigenvalue weighted by molar-refractivity contribution is 5.96. The molecule has 0 N–H and O–H groups in total. The number of anilines is 1. The summed E-state index contributed by atoms with van der Waals surface area (Å²) in [6.45, 7) is 4.08. The van der Waals surface area contributed by atoms with Crippen molar-refractivity contribution < 1.29 is 14.3 Å². The molecule has 144 valence electrons. The van der Waals surface area contributed by atoms with Gasteiger partial charge in [0.25, 0.3) is 0 Å². The molecule has 0 radical (unpaired) electrons. The van der Waals surface area contributed by atoms with Crippen molar-refractivity contribution in [2.24, 2.45) is 0 Å². The topological polar surface area (TPSA) is 85.6 Å². The predicted octanol–water partition coefficient (Wildman–Crippen LogP) is 0.282. The Kier molecular flexibility index (Phi) is 5.42. The fourth-order valence-corrected chi connectivity index (χ4v) is 3.66. The van der Waals surface area contributed by atoms with Crippen LogP contribution in [0.3, 0.4) is 0 Å². The maximum atomic E-state index is 12.9. The Bertz CT molecular complexity index is 795. The highest BCUT2D eigenvalue weighted by Gasteiger charge is 2.30. The fourth-order valence-electron chi connectivity index (χ4n) is 3.66. The highest BCUT2D eigenvalue weighted by Crippen LogP contribution is 2.28. The number of carbonyl (C=O) groups is 1. The van der Waals surface area contributed by atoms with Crippen molar-refractivity contribution >= 4 is 11.6 Å². The van der Waals surface area contributed by atoms with Gasteiger partial charge in [0.2, 0.25) is 5.91 Å². The van der Waals surface area contributed by atoms with E-state index in [0.29, 0.717) is 38.7 Å². The van der Waals surface area contributed by atoms with Gasteiger partial charge in [-0.1, -0.05) is 18.2 Å². The zero-order valence-electron chi connectivity index (χ0n) is 15.5. The number of aromatic nitrogens is 4. The summed E-state index contributed by atoms with van der Waals surface area (Å²) in [6, 6.07) is 8.11. The molecule has 1 aromatic carbocycles. The zero-order chi connectivity index (χ0) is 18.6. The number of ether oxygens (including phenoxy) is 2. The lowest BCUT2D eigenvalue weighted by Crippen LogP contribution is -2.45. The third-order valence-corrected chi connectivity index (χ3v) is 5.05.